The minimum Gasteiger partial charge on any atom is -0.393 e. The van der Waals surface area contributed by atoms with Crippen molar-refractivity contribution < 1.29 is 13.9 Å². The van der Waals surface area contributed by atoms with Crippen molar-refractivity contribution in [3.05, 3.63) is 35.9 Å². The van der Waals surface area contributed by atoms with Crippen LogP contribution in [0.3, 0.4) is 0 Å². The molecule has 0 saturated heterocycles. The highest BCUT2D eigenvalue weighted by Gasteiger charge is 2.30. The molecule has 96 valence electrons. The highest BCUT2D eigenvalue weighted by molar-refractivity contribution is 5.20. The van der Waals surface area contributed by atoms with Gasteiger partial charge in [0.2, 0.25) is 0 Å². The molecule has 0 aliphatic heterocycles. The van der Waals surface area contributed by atoms with Crippen LogP contribution in [0.15, 0.2) is 30.3 Å². The van der Waals surface area contributed by atoms with Gasteiger partial charge in [0.25, 0.3) is 5.92 Å². The van der Waals surface area contributed by atoms with Gasteiger partial charge in [-0.2, -0.15) is 8.78 Å². The monoisotopic (exact) mass is 243 g/mol. The maximum Gasteiger partial charge on any atom is 0.285 e. The molecule has 0 aliphatic rings. The summed E-state index contributed by atoms with van der Waals surface area (Å²) >= 11 is 0. The zero-order chi connectivity index (χ0) is 12.7. The summed E-state index contributed by atoms with van der Waals surface area (Å²) in [5, 5.41) is 11.7. The second kappa shape index (κ2) is 6.67. The lowest BCUT2D eigenvalue weighted by molar-refractivity contribution is -0.00312. The van der Waals surface area contributed by atoms with Crippen LogP contribution in [0.5, 0.6) is 0 Å². The van der Waals surface area contributed by atoms with Crippen LogP contribution in [0, 0.1) is 0 Å². The van der Waals surface area contributed by atoms with E-state index < -0.39 is 5.92 Å². The van der Waals surface area contributed by atoms with E-state index >= 15 is 0 Å². The van der Waals surface area contributed by atoms with Gasteiger partial charge in [-0.1, -0.05) is 30.3 Å². The molecule has 0 radical (unpaired) electrons. The quantitative estimate of drug-likeness (QED) is 0.721. The van der Waals surface area contributed by atoms with Crippen molar-refractivity contribution >= 4 is 0 Å². The second-order valence-corrected chi connectivity index (χ2v) is 4.24. The maximum absolute atomic E-state index is 13.6. The van der Waals surface area contributed by atoms with E-state index in [0.717, 1.165) is 0 Å². The lowest BCUT2D eigenvalue weighted by Gasteiger charge is -2.17. The molecule has 0 spiro atoms. The molecule has 0 bridgehead atoms. The molecule has 0 heterocycles. The predicted octanol–water partition coefficient (Wildman–Crippen LogP) is 2.53. The van der Waals surface area contributed by atoms with E-state index in [0.29, 0.717) is 19.4 Å². The number of aliphatic hydroxyl groups excluding tert-OH is 1. The summed E-state index contributed by atoms with van der Waals surface area (Å²) in [7, 11) is 0. The van der Waals surface area contributed by atoms with Crippen LogP contribution in [0.2, 0.25) is 0 Å². The minimum atomic E-state index is -2.84. The third-order valence-electron chi connectivity index (χ3n) is 2.52. The topological polar surface area (TPSA) is 32.3 Å². The van der Waals surface area contributed by atoms with Crippen molar-refractivity contribution in [3.63, 3.8) is 0 Å². The summed E-state index contributed by atoms with van der Waals surface area (Å²) in [6, 6.07) is 7.79. The number of rotatable bonds is 7. The van der Waals surface area contributed by atoms with Gasteiger partial charge in [-0.05, 0) is 26.3 Å². The van der Waals surface area contributed by atoms with Crippen LogP contribution in [0.25, 0.3) is 0 Å². The van der Waals surface area contributed by atoms with Crippen molar-refractivity contribution in [1.29, 1.82) is 0 Å². The van der Waals surface area contributed by atoms with Gasteiger partial charge in [-0.3, -0.25) is 0 Å². The van der Waals surface area contributed by atoms with Crippen molar-refractivity contribution in [2.45, 2.75) is 31.8 Å². The largest absolute Gasteiger partial charge is 0.393 e. The highest BCUT2D eigenvalue weighted by Crippen LogP contribution is 2.26. The van der Waals surface area contributed by atoms with Gasteiger partial charge in [-0.25, -0.2) is 0 Å². The first kappa shape index (κ1) is 14.1. The van der Waals surface area contributed by atoms with Crippen molar-refractivity contribution in [1.82, 2.24) is 5.32 Å². The molecule has 0 aliphatic carbocycles. The van der Waals surface area contributed by atoms with Crippen molar-refractivity contribution in [3.8, 4) is 0 Å². The fourth-order valence-electron chi connectivity index (χ4n) is 1.55. The Kier molecular flexibility index (Phi) is 5.51. The van der Waals surface area contributed by atoms with Gasteiger partial charge in [0.1, 0.15) is 0 Å². The number of aliphatic hydroxyl groups is 1. The van der Waals surface area contributed by atoms with E-state index in [4.69, 9.17) is 5.11 Å². The maximum atomic E-state index is 13.6. The van der Waals surface area contributed by atoms with E-state index in [1.165, 1.54) is 12.1 Å². The van der Waals surface area contributed by atoms with Gasteiger partial charge in [-0.15, -0.1) is 0 Å². The normalized spacial score (nSPS) is 13.6. The first-order valence-corrected chi connectivity index (χ1v) is 5.84. The van der Waals surface area contributed by atoms with Gasteiger partial charge in [0.05, 0.1) is 12.6 Å². The molecule has 4 heteroatoms. The van der Waals surface area contributed by atoms with E-state index in [1.54, 1.807) is 25.1 Å². The van der Waals surface area contributed by atoms with Gasteiger partial charge < -0.3 is 10.4 Å². The van der Waals surface area contributed by atoms with E-state index in [-0.39, 0.29) is 18.2 Å². The predicted molar refractivity (Wildman–Crippen MR) is 64.1 cm³/mol. The number of benzene rings is 1. The first-order valence-electron chi connectivity index (χ1n) is 5.84. The minimum absolute atomic E-state index is 0.0306. The number of nitrogens with one attached hydrogen (secondary N) is 1. The number of hydrogen-bond acceptors (Lipinski definition) is 2. The molecule has 1 rings (SSSR count). The molecule has 1 aromatic rings. The standard InChI is InChI=1S/C13H19F2NO/c1-11(17)6-5-9-16-10-13(14,15)12-7-3-2-4-8-12/h2-4,7-8,11,16-17H,5-6,9-10H2,1H3. The SMILES string of the molecule is CC(O)CCCNCC(F)(F)c1ccccc1. The summed E-state index contributed by atoms with van der Waals surface area (Å²) in [6.07, 6.45) is 0.957. The van der Waals surface area contributed by atoms with Crippen molar-refractivity contribution in [2.24, 2.45) is 0 Å². The van der Waals surface area contributed by atoms with E-state index in [2.05, 4.69) is 5.32 Å². The third kappa shape index (κ3) is 5.24. The molecule has 1 unspecified atom stereocenters. The molecule has 0 saturated carbocycles. The summed E-state index contributed by atoms with van der Waals surface area (Å²) in [6.45, 7) is 1.82. The smallest absolute Gasteiger partial charge is 0.285 e. The average Bonchev–Trinajstić information content (AvgIpc) is 2.29. The second-order valence-electron chi connectivity index (χ2n) is 4.24. The van der Waals surface area contributed by atoms with E-state index in [1.807, 2.05) is 0 Å². The number of hydrogen-bond donors (Lipinski definition) is 2. The molecule has 1 aromatic carbocycles. The lowest BCUT2D eigenvalue weighted by atomic mass is 10.1. The van der Waals surface area contributed by atoms with Crippen LogP contribution < -0.4 is 5.32 Å². The average molecular weight is 243 g/mol. The Morgan fingerprint density at radius 1 is 1.29 bits per heavy atom. The van der Waals surface area contributed by atoms with Crippen LogP contribution in [-0.4, -0.2) is 24.3 Å². The Morgan fingerprint density at radius 2 is 1.94 bits per heavy atom. The zero-order valence-corrected chi connectivity index (χ0v) is 10.00. The molecule has 1 atom stereocenters. The fourth-order valence-corrected chi connectivity index (χ4v) is 1.55. The molecule has 17 heavy (non-hydrogen) atoms. The Balaban J connectivity index is 2.30. The van der Waals surface area contributed by atoms with Gasteiger partial charge >= 0.3 is 0 Å². The van der Waals surface area contributed by atoms with Crippen LogP contribution >= 0.6 is 0 Å². The molecule has 0 amide bonds. The highest BCUT2D eigenvalue weighted by atomic mass is 19.3. The Labute approximate surface area is 101 Å². The van der Waals surface area contributed by atoms with E-state index in [9.17, 15) is 8.78 Å². The lowest BCUT2D eigenvalue weighted by Crippen LogP contribution is -2.31. The fraction of sp³-hybridized carbons (Fsp3) is 0.538. The molecule has 0 aromatic heterocycles. The van der Waals surface area contributed by atoms with Gasteiger partial charge in [0.15, 0.2) is 0 Å². The Morgan fingerprint density at radius 3 is 2.53 bits per heavy atom. The Hall–Kier alpha value is -1.00. The molecular weight excluding hydrogens is 224 g/mol. The summed E-state index contributed by atoms with van der Waals surface area (Å²) in [5.41, 5.74) is 0.0306. The number of halogens is 2. The van der Waals surface area contributed by atoms with Crippen LogP contribution in [-0.2, 0) is 5.92 Å². The zero-order valence-electron chi connectivity index (χ0n) is 10.00. The van der Waals surface area contributed by atoms with Crippen molar-refractivity contribution in [2.75, 3.05) is 13.1 Å². The molecule has 2 N–H and O–H groups in total. The molecule has 2 nitrogen and oxygen atoms in total. The van der Waals surface area contributed by atoms with Crippen LogP contribution in [0.4, 0.5) is 8.78 Å². The third-order valence-corrected chi connectivity index (χ3v) is 2.52. The summed E-state index contributed by atoms with van der Waals surface area (Å²) < 4.78 is 27.3. The Bertz CT molecular complexity index is 314. The summed E-state index contributed by atoms with van der Waals surface area (Å²) in [4.78, 5) is 0. The van der Waals surface area contributed by atoms with Crippen LogP contribution in [0.1, 0.15) is 25.3 Å². The van der Waals surface area contributed by atoms with Gasteiger partial charge in [0, 0.05) is 5.56 Å². The molecule has 0 fully saturated rings. The number of alkyl halides is 2. The molecular formula is C13H19F2NO. The summed E-state index contributed by atoms with van der Waals surface area (Å²) in [5.74, 6) is -2.84. The first-order chi connectivity index (χ1) is 8.02.